The van der Waals surface area contributed by atoms with Gasteiger partial charge >= 0.3 is 0 Å². The topological polar surface area (TPSA) is 16.3 Å². The van der Waals surface area contributed by atoms with Crippen LogP contribution in [0.25, 0.3) is 78.3 Å². The molecule has 2 heterocycles. The van der Waals surface area contributed by atoms with E-state index in [4.69, 9.17) is 0 Å². The summed E-state index contributed by atoms with van der Waals surface area (Å²) in [5.74, 6) is 0. The SMILES string of the molecule is C=Cc1ccc2c(c1)c1cc(N(c3ccccc3)c3ccc(N(c4ccc(-c5ccccc5)cc4)c4ccc5c(c4)c4cc(C=C)ccc4n5-c4ccccc4)cc3)ccc1n2-c1ccccc1. The van der Waals surface area contributed by atoms with Crippen molar-refractivity contribution < 1.29 is 0 Å². The van der Waals surface area contributed by atoms with Gasteiger partial charge in [0.05, 0.1) is 22.1 Å². The minimum atomic E-state index is 1.05. The van der Waals surface area contributed by atoms with Crippen molar-refractivity contribution >= 4 is 89.9 Å². The van der Waals surface area contributed by atoms with Crippen molar-refractivity contribution in [2.75, 3.05) is 9.80 Å². The lowest BCUT2D eigenvalue weighted by molar-refractivity contribution is 1.18. The number of benzene rings is 10. The molecule has 0 atom stereocenters. The second kappa shape index (κ2) is 17.0. The predicted octanol–water partition coefficient (Wildman–Crippen LogP) is 17.8. The van der Waals surface area contributed by atoms with Crippen LogP contribution in [-0.4, -0.2) is 9.13 Å². The van der Waals surface area contributed by atoms with Gasteiger partial charge in [0.1, 0.15) is 0 Å². The lowest BCUT2D eigenvalue weighted by Crippen LogP contribution is -2.12. The second-order valence-corrected chi connectivity index (χ2v) is 17.1. The highest BCUT2D eigenvalue weighted by Crippen LogP contribution is 2.44. The minimum absolute atomic E-state index is 1.05. The summed E-state index contributed by atoms with van der Waals surface area (Å²) in [4.78, 5) is 4.72. The van der Waals surface area contributed by atoms with E-state index in [1.165, 1.54) is 32.7 Å². The quantitative estimate of drug-likeness (QED) is 0.129. The first-order chi connectivity index (χ1) is 33.6. The average Bonchev–Trinajstić information content (AvgIpc) is 3.91. The molecule has 0 fully saturated rings. The van der Waals surface area contributed by atoms with Crippen molar-refractivity contribution in [2.24, 2.45) is 0 Å². The molecule has 4 nitrogen and oxygen atoms in total. The lowest BCUT2D eigenvalue weighted by atomic mass is 10.0. The summed E-state index contributed by atoms with van der Waals surface area (Å²) in [6, 6.07) is 87.3. The number of anilines is 6. The van der Waals surface area contributed by atoms with Gasteiger partial charge in [-0.1, -0.05) is 135 Å². The normalized spacial score (nSPS) is 11.4. The fraction of sp³-hybridized carbons (Fsp3) is 0. The molecule has 0 amide bonds. The molecular weight excluding hydrogens is 825 g/mol. The van der Waals surface area contributed by atoms with E-state index in [1.807, 2.05) is 12.2 Å². The second-order valence-electron chi connectivity index (χ2n) is 17.1. The number of aromatic nitrogens is 2. The lowest BCUT2D eigenvalue weighted by Gasteiger charge is -2.28. The standard InChI is InChI=1S/C64H46N4/c1-3-45-25-37-61-57(41-45)59-43-55(35-39-63(59)67(61)50-21-13-7-14-22-50)65(49-19-11-6-12-20-49)53-31-33-54(34-32-53)66(52-29-27-48(28-30-52)47-17-9-5-10-18-47)56-36-40-64-60(44-56)58-42-46(4-2)26-38-62(58)68(64)51-23-15-8-16-24-51/h3-44H,1-2H2. The van der Waals surface area contributed by atoms with Gasteiger partial charge in [-0.2, -0.15) is 0 Å². The summed E-state index contributed by atoms with van der Waals surface area (Å²) >= 11 is 0. The van der Waals surface area contributed by atoms with Gasteiger partial charge in [-0.15, -0.1) is 0 Å². The van der Waals surface area contributed by atoms with Gasteiger partial charge in [-0.3, -0.25) is 0 Å². The maximum absolute atomic E-state index is 4.12. The van der Waals surface area contributed by atoms with E-state index in [0.717, 1.165) is 78.7 Å². The van der Waals surface area contributed by atoms with Gasteiger partial charge in [0, 0.05) is 67.0 Å². The zero-order chi connectivity index (χ0) is 45.6. The monoisotopic (exact) mass is 870 g/mol. The van der Waals surface area contributed by atoms with E-state index in [9.17, 15) is 0 Å². The van der Waals surface area contributed by atoms with Crippen molar-refractivity contribution in [2.45, 2.75) is 0 Å². The van der Waals surface area contributed by atoms with Crippen LogP contribution in [0.3, 0.4) is 0 Å². The molecule has 0 aliphatic carbocycles. The molecule has 0 bridgehead atoms. The summed E-state index contributed by atoms with van der Waals surface area (Å²) in [5.41, 5.74) is 17.8. The Morgan fingerprint density at radius 3 is 1.00 bits per heavy atom. The number of nitrogens with zero attached hydrogens (tertiary/aromatic N) is 4. The molecule has 4 heteroatoms. The number of hydrogen-bond acceptors (Lipinski definition) is 2. The third-order valence-electron chi connectivity index (χ3n) is 13.2. The van der Waals surface area contributed by atoms with Crippen LogP contribution in [0.15, 0.2) is 256 Å². The van der Waals surface area contributed by atoms with Crippen molar-refractivity contribution in [3.63, 3.8) is 0 Å². The number of hydrogen-bond donors (Lipinski definition) is 0. The highest BCUT2D eigenvalue weighted by Gasteiger charge is 2.21. The van der Waals surface area contributed by atoms with Gasteiger partial charge < -0.3 is 18.9 Å². The Kier molecular flexibility index (Phi) is 10.1. The molecule has 322 valence electrons. The highest BCUT2D eigenvalue weighted by atomic mass is 15.2. The largest absolute Gasteiger partial charge is 0.310 e. The minimum Gasteiger partial charge on any atom is -0.310 e. The molecule has 0 aliphatic heterocycles. The highest BCUT2D eigenvalue weighted by molar-refractivity contribution is 6.12. The van der Waals surface area contributed by atoms with Gasteiger partial charge in [-0.05, 0) is 156 Å². The van der Waals surface area contributed by atoms with Gasteiger partial charge in [0.15, 0.2) is 0 Å². The molecule has 0 N–H and O–H groups in total. The summed E-state index contributed by atoms with van der Waals surface area (Å²) in [6.07, 6.45) is 3.85. The van der Waals surface area contributed by atoms with Crippen LogP contribution in [-0.2, 0) is 0 Å². The molecular formula is C64H46N4. The van der Waals surface area contributed by atoms with Crippen LogP contribution in [0.2, 0.25) is 0 Å². The Morgan fingerprint density at radius 1 is 0.279 bits per heavy atom. The van der Waals surface area contributed by atoms with E-state index in [-0.39, 0.29) is 0 Å². The van der Waals surface area contributed by atoms with Crippen LogP contribution in [0.1, 0.15) is 11.1 Å². The van der Waals surface area contributed by atoms with E-state index >= 15 is 0 Å². The van der Waals surface area contributed by atoms with E-state index in [0.29, 0.717) is 0 Å². The molecule has 2 aromatic heterocycles. The third-order valence-corrected chi connectivity index (χ3v) is 13.2. The summed E-state index contributed by atoms with van der Waals surface area (Å²) in [5, 5.41) is 4.72. The number of rotatable bonds is 11. The van der Waals surface area contributed by atoms with Crippen molar-refractivity contribution in [3.05, 3.63) is 267 Å². The average molecular weight is 871 g/mol. The van der Waals surface area contributed by atoms with Crippen molar-refractivity contribution in [1.82, 2.24) is 9.13 Å². The Hall–Kier alpha value is -9.12. The Balaban J connectivity index is 1.01. The first-order valence-electron chi connectivity index (χ1n) is 23.1. The molecule has 68 heavy (non-hydrogen) atoms. The molecule has 0 radical (unpaired) electrons. The maximum atomic E-state index is 4.12. The van der Waals surface area contributed by atoms with Crippen molar-refractivity contribution in [1.29, 1.82) is 0 Å². The molecule has 0 spiro atoms. The fourth-order valence-corrected chi connectivity index (χ4v) is 9.96. The Bertz CT molecular complexity index is 3790. The van der Waals surface area contributed by atoms with E-state index < -0.39 is 0 Å². The smallest absolute Gasteiger partial charge is 0.0542 e. The molecule has 0 aliphatic rings. The fourth-order valence-electron chi connectivity index (χ4n) is 9.96. The predicted molar refractivity (Wildman–Crippen MR) is 290 cm³/mol. The van der Waals surface area contributed by atoms with E-state index in [2.05, 4.69) is 275 Å². The zero-order valence-electron chi connectivity index (χ0n) is 37.5. The van der Waals surface area contributed by atoms with E-state index in [1.54, 1.807) is 0 Å². The third kappa shape index (κ3) is 7.04. The van der Waals surface area contributed by atoms with Crippen LogP contribution < -0.4 is 9.80 Å². The first kappa shape index (κ1) is 40.4. The summed E-state index contributed by atoms with van der Waals surface area (Å²) in [6.45, 7) is 8.22. The summed E-state index contributed by atoms with van der Waals surface area (Å²) < 4.78 is 4.72. The van der Waals surface area contributed by atoms with Crippen LogP contribution in [0.5, 0.6) is 0 Å². The van der Waals surface area contributed by atoms with Crippen LogP contribution in [0, 0.1) is 0 Å². The van der Waals surface area contributed by atoms with Crippen LogP contribution in [0.4, 0.5) is 34.1 Å². The first-order valence-corrected chi connectivity index (χ1v) is 23.1. The maximum Gasteiger partial charge on any atom is 0.0542 e. The Morgan fingerprint density at radius 2 is 0.588 bits per heavy atom. The Labute approximate surface area is 396 Å². The van der Waals surface area contributed by atoms with Gasteiger partial charge in [-0.25, -0.2) is 0 Å². The van der Waals surface area contributed by atoms with Crippen molar-refractivity contribution in [3.8, 4) is 22.5 Å². The zero-order valence-corrected chi connectivity index (χ0v) is 37.5. The molecule has 10 aromatic carbocycles. The molecule has 0 saturated carbocycles. The molecule has 12 aromatic rings. The molecule has 0 unspecified atom stereocenters. The molecule has 12 rings (SSSR count). The summed E-state index contributed by atoms with van der Waals surface area (Å²) in [7, 11) is 0. The van der Waals surface area contributed by atoms with Gasteiger partial charge in [0.2, 0.25) is 0 Å². The number of para-hydroxylation sites is 3. The van der Waals surface area contributed by atoms with Gasteiger partial charge in [0.25, 0.3) is 0 Å². The van der Waals surface area contributed by atoms with Crippen LogP contribution >= 0.6 is 0 Å². The number of fused-ring (bicyclic) bond motifs is 6. The molecule has 0 saturated heterocycles.